The number of carbonyl (C=O) groups is 1. The summed E-state index contributed by atoms with van der Waals surface area (Å²) < 4.78 is 5.86. The van der Waals surface area contributed by atoms with E-state index in [2.05, 4.69) is 21.6 Å². The molecule has 1 N–H and O–H groups in total. The van der Waals surface area contributed by atoms with E-state index in [1.54, 1.807) is 0 Å². The summed E-state index contributed by atoms with van der Waals surface area (Å²) >= 11 is 1.33. The summed E-state index contributed by atoms with van der Waals surface area (Å²) in [6.07, 6.45) is 0.719. The predicted octanol–water partition coefficient (Wildman–Crippen LogP) is 4.87. The normalized spacial score (nSPS) is 11.8. The number of nitrogens with one attached hydrogen (secondary N) is 1. The van der Waals surface area contributed by atoms with Gasteiger partial charge in [-0.1, -0.05) is 60.7 Å². The van der Waals surface area contributed by atoms with E-state index in [0.717, 1.165) is 33.9 Å². The van der Waals surface area contributed by atoms with Gasteiger partial charge in [0.2, 0.25) is 11.0 Å². The topological polar surface area (TPSA) is 64.1 Å². The van der Waals surface area contributed by atoms with Crippen LogP contribution in [0.25, 0.3) is 0 Å². The van der Waals surface area contributed by atoms with Gasteiger partial charge in [0.25, 0.3) is 0 Å². The van der Waals surface area contributed by atoms with Gasteiger partial charge in [0.15, 0.2) is 5.01 Å². The van der Waals surface area contributed by atoms with E-state index in [1.807, 2.05) is 63.2 Å². The fourth-order valence-electron chi connectivity index (χ4n) is 2.82. The Hall–Kier alpha value is -2.73. The molecule has 2 aromatic carbocycles. The number of amides is 1. The third-order valence-corrected chi connectivity index (χ3v) is 5.13. The van der Waals surface area contributed by atoms with Gasteiger partial charge in [-0.3, -0.25) is 10.1 Å². The third kappa shape index (κ3) is 4.92. The van der Waals surface area contributed by atoms with Crippen molar-refractivity contribution in [1.82, 2.24) is 10.2 Å². The smallest absolute Gasteiger partial charge is 0.233 e. The van der Waals surface area contributed by atoms with Crippen LogP contribution in [0.1, 0.15) is 41.0 Å². The highest BCUT2D eigenvalue weighted by atomic mass is 32.1. The second-order valence-corrected chi connectivity index (χ2v) is 7.48. The number of hydrogen-bond donors (Lipinski definition) is 1. The standard InChI is InChI=1S/C21H23N3O2S/c1-4-17(16-8-6-5-7-9-16)20(25)22-21-24-23-19(27-21)13-26-18-12-14(2)10-11-15(18)3/h5-12,17H,4,13H2,1-3H3,(H,22,24,25)/t17-/m1/s1. The Morgan fingerprint density at radius 3 is 2.67 bits per heavy atom. The van der Waals surface area contributed by atoms with Crippen molar-refractivity contribution in [3.8, 4) is 5.75 Å². The Morgan fingerprint density at radius 1 is 1.15 bits per heavy atom. The van der Waals surface area contributed by atoms with Crippen LogP contribution in [0, 0.1) is 13.8 Å². The molecule has 0 aliphatic heterocycles. The van der Waals surface area contributed by atoms with Gasteiger partial charge >= 0.3 is 0 Å². The summed E-state index contributed by atoms with van der Waals surface area (Å²) in [5.74, 6) is 0.567. The van der Waals surface area contributed by atoms with Gasteiger partial charge in [-0.05, 0) is 43.0 Å². The molecule has 1 aromatic heterocycles. The lowest BCUT2D eigenvalue weighted by molar-refractivity contribution is -0.117. The van der Waals surface area contributed by atoms with E-state index >= 15 is 0 Å². The number of hydrogen-bond acceptors (Lipinski definition) is 5. The molecule has 3 rings (SSSR count). The quantitative estimate of drug-likeness (QED) is 0.634. The molecule has 0 aliphatic rings. The molecule has 0 fully saturated rings. The number of nitrogens with zero attached hydrogens (tertiary/aromatic N) is 2. The van der Waals surface area contributed by atoms with E-state index in [1.165, 1.54) is 11.3 Å². The molecule has 0 radical (unpaired) electrons. The summed E-state index contributed by atoms with van der Waals surface area (Å²) in [6.45, 7) is 6.37. The number of carbonyl (C=O) groups excluding carboxylic acids is 1. The molecule has 0 spiro atoms. The molecular formula is C21H23N3O2S. The lowest BCUT2D eigenvalue weighted by atomic mass is 9.96. The van der Waals surface area contributed by atoms with Gasteiger partial charge in [-0.25, -0.2) is 0 Å². The largest absolute Gasteiger partial charge is 0.486 e. The number of ether oxygens (including phenoxy) is 1. The van der Waals surface area contributed by atoms with Gasteiger partial charge in [-0.2, -0.15) is 0 Å². The maximum Gasteiger partial charge on any atom is 0.233 e. The monoisotopic (exact) mass is 381 g/mol. The van der Waals surface area contributed by atoms with Crippen LogP contribution in [0.3, 0.4) is 0 Å². The van der Waals surface area contributed by atoms with E-state index in [-0.39, 0.29) is 11.8 Å². The van der Waals surface area contributed by atoms with Crippen molar-refractivity contribution in [2.45, 2.75) is 39.7 Å². The Labute approximate surface area is 163 Å². The first-order valence-electron chi connectivity index (χ1n) is 8.95. The second kappa shape index (κ2) is 8.77. The molecule has 0 aliphatic carbocycles. The maximum absolute atomic E-state index is 12.6. The van der Waals surface area contributed by atoms with Crippen molar-refractivity contribution >= 4 is 22.4 Å². The minimum atomic E-state index is -0.204. The molecular weight excluding hydrogens is 358 g/mol. The maximum atomic E-state index is 12.6. The van der Waals surface area contributed by atoms with Crippen molar-refractivity contribution in [3.63, 3.8) is 0 Å². The highest BCUT2D eigenvalue weighted by molar-refractivity contribution is 7.15. The van der Waals surface area contributed by atoms with Crippen molar-refractivity contribution in [1.29, 1.82) is 0 Å². The number of benzene rings is 2. The van der Waals surface area contributed by atoms with Crippen LogP contribution in [-0.2, 0) is 11.4 Å². The second-order valence-electron chi connectivity index (χ2n) is 6.42. The van der Waals surface area contributed by atoms with Crippen LogP contribution >= 0.6 is 11.3 Å². The first kappa shape index (κ1) is 19.0. The highest BCUT2D eigenvalue weighted by Crippen LogP contribution is 2.25. The summed E-state index contributed by atoms with van der Waals surface area (Å²) in [4.78, 5) is 12.6. The van der Waals surface area contributed by atoms with Gasteiger partial charge in [0, 0.05) is 0 Å². The molecule has 1 heterocycles. The fraction of sp³-hybridized carbons (Fsp3) is 0.286. The van der Waals surface area contributed by atoms with Crippen LogP contribution in [0.5, 0.6) is 5.75 Å². The highest BCUT2D eigenvalue weighted by Gasteiger charge is 2.20. The van der Waals surface area contributed by atoms with Gasteiger partial charge in [0.05, 0.1) is 5.92 Å². The molecule has 6 heteroatoms. The predicted molar refractivity (Wildman–Crippen MR) is 108 cm³/mol. The Morgan fingerprint density at radius 2 is 1.93 bits per heavy atom. The van der Waals surface area contributed by atoms with Crippen LogP contribution in [0.15, 0.2) is 48.5 Å². The summed E-state index contributed by atoms with van der Waals surface area (Å²) in [6, 6.07) is 15.9. The molecule has 140 valence electrons. The van der Waals surface area contributed by atoms with Gasteiger partial charge in [0.1, 0.15) is 12.4 Å². The SMILES string of the molecule is CC[C@@H](C(=O)Nc1nnc(COc2cc(C)ccc2C)s1)c1ccccc1. The van der Waals surface area contributed by atoms with Crippen molar-refractivity contribution in [2.75, 3.05) is 5.32 Å². The average molecular weight is 382 g/mol. The van der Waals surface area contributed by atoms with E-state index < -0.39 is 0 Å². The summed E-state index contributed by atoms with van der Waals surface area (Å²) in [7, 11) is 0. The van der Waals surface area contributed by atoms with Gasteiger partial charge in [-0.15, -0.1) is 10.2 Å². The van der Waals surface area contributed by atoms with Crippen molar-refractivity contribution < 1.29 is 9.53 Å². The molecule has 0 saturated carbocycles. The zero-order chi connectivity index (χ0) is 19.2. The molecule has 27 heavy (non-hydrogen) atoms. The van der Waals surface area contributed by atoms with E-state index in [9.17, 15) is 4.79 Å². The molecule has 1 amide bonds. The van der Waals surface area contributed by atoms with Crippen LogP contribution in [-0.4, -0.2) is 16.1 Å². The lowest BCUT2D eigenvalue weighted by Gasteiger charge is -2.13. The van der Waals surface area contributed by atoms with E-state index in [0.29, 0.717) is 11.7 Å². The van der Waals surface area contributed by atoms with Gasteiger partial charge < -0.3 is 4.74 Å². The number of rotatable bonds is 7. The molecule has 3 aromatic rings. The summed E-state index contributed by atoms with van der Waals surface area (Å²) in [5.41, 5.74) is 3.22. The van der Waals surface area contributed by atoms with Crippen molar-refractivity contribution in [2.24, 2.45) is 0 Å². The Bertz CT molecular complexity index is 909. The van der Waals surface area contributed by atoms with Crippen molar-refractivity contribution in [3.05, 3.63) is 70.2 Å². The average Bonchev–Trinajstić information content (AvgIpc) is 3.11. The molecule has 0 unspecified atom stereocenters. The molecule has 0 bridgehead atoms. The third-order valence-electron chi connectivity index (χ3n) is 4.32. The molecule has 5 nitrogen and oxygen atoms in total. The zero-order valence-corrected chi connectivity index (χ0v) is 16.5. The molecule has 0 saturated heterocycles. The fourth-order valence-corrected chi connectivity index (χ4v) is 3.47. The lowest BCUT2D eigenvalue weighted by Crippen LogP contribution is -2.20. The Kier molecular flexibility index (Phi) is 6.19. The van der Waals surface area contributed by atoms with E-state index in [4.69, 9.17) is 4.74 Å². The first-order chi connectivity index (χ1) is 13.1. The number of aryl methyl sites for hydroxylation is 2. The van der Waals surface area contributed by atoms with Crippen LogP contribution in [0.4, 0.5) is 5.13 Å². The number of aromatic nitrogens is 2. The number of anilines is 1. The van der Waals surface area contributed by atoms with Crippen LogP contribution < -0.4 is 10.1 Å². The molecule has 1 atom stereocenters. The zero-order valence-electron chi connectivity index (χ0n) is 15.7. The van der Waals surface area contributed by atoms with Crippen LogP contribution in [0.2, 0.25) is 0 Å². The first-order valence-corrected chi connectivity index (χ1v) is 9.76. The minimum absolute atomic E-state index is 0.0677. The summed E-state index contributed by atoms with van der Waals surface area (Å²) in [5, 5.41) is 12.3. The Balaban J connectivity index is 1.62. The minimum Gasteiger partial charge on any atom is -0.486 e.